The first-order valence-electron chi connectivity index (χ1n) is 5.44. The number of hydrogen-bond acceptors (Lipinski definition) is 2. The third-order valence-electron chi connectivity index (χ3n) is 2.43. The highest BCUT2D eigenvalue weighted by Gasteiger charge is 2.09. The molecule has 2 nitrogen and oxygen atoms in total. The first-order chi connectivity index (χ1) is 6.10. The fraction of sp³-hybridized carbons (Fsp3) is 1.00. The fourth-order valence-electron chi connectivity index (χ4n) is 1.30. The molecule has 0 aliphatic heterocycles. The third kappa shape index (κ3) is 7.03. The summed E-state index contributed by atoms with van der Waals surface area (Å²) in [5.74, 6) is 1.36. The SMILES string of the molecule is CC[C@H](C)CN[C@H](CO)CC(C)C. The number of aliphatic hydroxyl groups is 1. The molecule has 0 radical (unpaired) electrons. The molecule has 0 heterocycles. The molecule has 0 amide bonds. The van der Waals surface area contributed by atoms with Gasteiger partial charge in [-0.2, -0.15) is 0 Å². The Morgan fingerprint density at radius 1 is 1.23 bits per heavy atom. The van der Waals surface area contributed by atoms with E-state index in [2.05, 4.69) is 33.0 Å². The summed E-state index contributed by atoms with van der Waals surface area (Å²) in [7, 11) is 0. The molecule has 0 bridgehead atoms. The van der Waals surface area contributed by atoms with E-state index in [1.807, 2.05) is 0 Å². The number of nitrogens with one attached hydrogen (secondary N) is 1. The van der Waals surface area contributed by atoms with Gasteiger partial charge in [0, 0.05) is 6.04 Å². The maximum atomic E-state index is 9.10. The van der Waals surface area contributed by atoms with Crippen molar-refractivity contribution in [2.75, 3.05) is 13.2 Å². The minimum Gasteiger partial charge on any atom is -0.395 e. The van der Waals surface area contributed by atoms with Crippen molar-refractivity contribution in [2.24, 2.45) is 11.8 Å². The van der Waals surface area contributed by atoms with E-state index in [9.17, 15) is 0 Å². The van der Waals surface area contributed by atoms with Crippen LogP contribution < -0.4 is 5.32 Å². The predicted molar refractivity (Wildman–Crippen MR) is 57.8 cm³/mol. The van der Waals surface area contributed by atoms with E-state index < -0.39 is 0 Å². The van der Waals surface area contributed by atoms with Gasteiger partial charge in [0.15, 0.2) is 0 Å². The van der Waals surface area contributed by atoms with E-state index in [-0.39, 0.29) is 12.6 Å². The molecule has 0 aromatic carbocycles. The molecule has 0 fully saturated rings. The van der Waals surface area contributed by atoms with Gasteiger partial charge in [0.2, 0.25) is 0 Å². The zero-order valence-electron chi connectivity index (χ0n) is 9.51. The van der Waals surface area contributed by atoms with Crippen LogP contribution >= 0.6 is 0 Å². The second-order valence-electron chi connectivity index (χ2n) is 4.43. The molecule has 2 atom stereocenters. The summed E-state index contributed by atoms with van der Waals surface area (Å²) in [6.07, 6.45) is 2.26. The molecule has 0 saturated heterocycles. The van der Waals surface area contributed by atoms with Gasteiger partial charge in [-0.1, -0.05) is 34.1 Å². The zero-order valence-corrected chi connectivity index (χ0v) is 9.51. The zero-order chi connectivity index (χ0) is 10.3. The van der Waals surface area contributed by atoms with Gasteiger partial charge in [0.05, 0.1) is 6.61 Å². The molecule has 0 spiro atoms. The number of hydrogen-bond donors (Lipinski definition) is 2. The fourth-order valence-corrected chi connectivity index (χ4v) is 1.30. The Morgan fingerprint density at radius 2 is 1.85 bits per heavy atom. The standard InChI is InChI=1S/C11H25NO/c1-5-10(4)7-12-11(8-13)6-9(2)3/h9-13H,5-8H2,1-4H3/t10-,11-/m0/s1. The molecule has 0 saturated carbocycles. The van der Waals surface area contributed by atoms with Gasteiger partial charge in [-0.15, -0.1) is 0 Å². The van der Waals surface area contributed by atoms with Crippen LogP contribution in [0.2, 0.25) is 0 Å². The molecule has 2 heteroatoms. The first kappa shape index (κ1) is 12.9. The normalized spacial score (nSPS) is 16.2. The molecule has 80 valence electrons. The smallest absolute Gasteiger partial charge is 0.0584 e. The molecule has 0 rings (SSSR count). The maximum Gasteiger partial charge on any atom is 0.0584 e. The molecule has 13 heavy (non-hydrogen) atoms. The van der Waals surface area contributed by atoms with Crippen LogP contribution in [0.5, 0.6) is 0 Å². The van der Waals surface area contributed by atoms with E-state index >= 15 is 0 Å². The van der Waals surface area contributed by atoms with E-state index in [0.717, 1.165) is 13.0 Å². The highest BCUT2D eigenvalue weighted by molar-refractivity contribution is 4.68. The summed E-state index contributed by atoms with van der Waals surface area (Å²) >= 11 is 0. The van der Waals surface area contributed by atoms with Crippen LogP contribution in [0.3, 0.4) is 0 Å². The lowest BCUT2D eigenvalue weighted by molar-refractivity contribution is 0.219. The lowest BCUT2D eigenvalue weighted by Crippen LogP contribution is -2.36. The summed E-state index contributed by atoms with van der Waals surface area (Å²) in [6, 6.07) is 0.286. The van der Waals surface area contributed by atoms with Crippen molar-refractivity contribution in [1.82, 2.24) is 5.32 Å². The summed E-state index contributed by atoms with van der Waals surface area (Å²) < 4.78 is 0. The van der Waals surface area contributed by atoms with Crippen molar-refractivity contribution in [2.45, 2.75) is 46.6 Å². The minimum atomic E-state index is 0.259. The predicted octanol–water partition coefficient (Wildman–Crippen LogP) is 2.03. The monoisotopic (exact) mass is 187 g/mol. The lowest BCUT2D eigenvalue weighted by atomic mass is 10.0. The van der Waals surface area contributed by atoms with Crippen LogP contribution in [-0.2, 0) is 0 Å². The van der Waals surface area contributed by atoms with Crippen molar-refractivity contribution in [3.05, 3.63) is 0 Å². The molecule has 0 aliphatic rings. The van der Waals surface area contributed by atoms with E-state index in [1.165, 1.54) is 6.42 Å². The van der Waals surface area contributed by atoms with Crippen molar-refractivity contribution < 1.29 is 5.11 Å². The average molecular weight is 187 g/mol. The van der Waals surface area contributed by atoms with Gasteiger partial charge in [0.25, 0.3) is 0 Å². The number of aliphatic hydroxyl groups excluding tert-OH is 1. The Labute approximate surface area is 82.7 Å². The highest BCUT2D eigenvalue weighted by atomic mass is 16.3. The van der Waals surface area contributed by atoms with Gasteiger partial charge < -0.3 is 10.4 Å². The van der Waals surface area contributed by atoms with Crippen LogP contribution in [0, 0.1) is 11.8 Å². The van der Waals surface area contributed by atoms with Crippen LogP contribution in [0.4, 0.5) is 0 Å². The summed E-state index contributed by atoms with van der Waals surface area (Å²) in [6.45, 7) is 10.1. The van der Waals surface area contributed by atoms with Crippen LogP contribution in [0.25, 0.3) is 0 Å². The Hall–Kier alpha value is -0.0800. The van der Waals surface area contributed by atoms with Crippen LogP contribution in [0.15, 0.2) is 0 Å². The van der Waals surface area contributed by atoms with Gasteiger partial charge in [-0.05, 0) is 24.8 Å². The van der Waals surface area contributed by atoms with Gasteiger partial charge >= 0.3 is 0 Å². The Bertz CT molecular complexity index is 115. The van der Waals surface area contributed by atoms with Crippen LogP contribution in [-0.4, -0.2) is 24.3 Å². The molecular weight excluding hydrogens is 162 g/mol. The van der Waals surface area contributed by atoms with E-state index in [4.69, 9.17) is 5.11 Å². The largest absolute Gasteiger partial charge is 0.395 e. The summed E-state index contributed by atoms with van der Waals surface area (Å²) in [5.41, 5.74) is 0. The van der Waals surface area contributed by atoms with Crippen molar-refractivity contribution in [3.8, 4) is 0 Å². The summed E-state index contributed by atoms with van der Waals surface area (Å²) in [5, 5.41) is 12.5. The first-order valence-corrected chi connectivity index (χ1v) is 5.44. The molecule has 2 N–H and O–H groups in total. The second-order valence-corrected chi connectivity index (χ2v) is 4.43. The topological polar surface area (TPSA) is 32.3 Å². The molecule has 0 aliphatic carbocycles. The molecular formula is C11H25NO. The molecule has 0 aromatic rings. The van der Waals surface area contributed by atoms with Gasteiger partial charge in [0.1, 0.15) is 0 Å². The Kier molecular flexibility index (Phi) is 7.29. The van der Waals surface area contributed by atoms with Crippen molar-refractivity contribution >= 4 is 0 Å². The van der Waals surface area contributed by atoms with Crippen LogP contribution in [0.1, 0.15) is 40.5 Å². The Balaban J connectivity index is 3.59. The van der Waals surface area contributed by atoms with Crippen molar-refractivity contribution in [1.29, 1.82) is 0 Å². The highest BCUT2D eigenvalue weighted by Crippen LogP contribution is 2.05. The Morgan fingerprint density at radius 3 is 2.23 bits per heavy atom. The van der Waals surface area contributed by atoms with Gasteiger partial charge in [-0.25, -0.2) is 0 Å². The molecule has 0 aromatic heterocycles. The van der Waals surface area contributed by atoms with E-state index in [0.29, 0.717) is 11.8 Å². The minimum absolute atomic E-state index is 0.259. The lowest BCUT2D eigenvalue weighted by Gasteiger charge is -2.20. The average Bonchev–Trinajstić information content (AvgIpc) is 2.10. The van der Waals surface area contributed by atoms with Crippen molar-refractivity contribution in [3.63, 3.8) is 0 Å². The van der Waals surface area contributed by atoms with Gasteiger partial charge in [-0.3, -0.25) is 0 Å². The quantitative estimate of drug-likeness (QED) is 0.639. The summed E-state index contributed by atoms with van der Waals surface area (Å²) in [4.78, 5) is 0. The maximum absolute atomic E-state index is 9.10. The third-order valence-corrected chi connectivity index (χ3v) is 2.43. The number of rotatable bonds is 7. The van der Waals surface area contributed by atoms with E-state index in [1.54, 1.807) is 0 Å². The molecule has 0 unspecified atom stereocenters. The second kappa shape index (κ2) is 7.34.